The topological polar surface area (TPSA) is 61.3 Å². The molecular formula is C15H20N2O2. The molecule has 19 heavy (non-hydrogen) atoms. The molecule has 2 rings (SSSR count). The maximum absolute atomic E-state index is 5.61. The van der Waals surface area contributed by atoms with Crippen molar-refractivity contribution in [1.29, 1.82) is 0 Å². The van der Waals surface area contributed by atoms with Crippen LogP contribution in [0.1, 0.15) is 32.2 Å². The fraction of sp³-hybridized carbons (Fsp3) is 0.400. The fourth-order valence-electron chi connectivity index (χ4n) is 1.90. The molecule has 0 saturated carbocycles. The van der Waals surface area contributed by atoms with Crippen LogP contribution in [0.15, 0.2) is 28.8 Å². The van der Waals surface area contributed by atoms with Crippen LogP contribution in [0.5, 0.6) is 5.75 Å². The van der Waals surface area contributed by atoms with Crippen LogP contribution >= 0.6 is 0 Å². The van der Waals surface area contributed by atoms with Crippen molar-refractivity contribution in [3.05, 3.63) is 35.9 Å². The number of rotatable bonds is 3. The Kier molecular flexibility index (Phi) is 3.62. The number of oxazole rings is 1. The number of nitrogens with zero attached hydrogens (tertiary/aromatic N) is 1. The predicted molar refractivity (Wildman–Crippen MR) is 75.1 cm³/mol. The fourth-order valence-corrected chi connectivity index (χ4v) is 1.90. The first kappa shape index (κ1) is 13.6. The van der Waals surface area contributed by atoms with E-state index in [2.05, 4.69) is 37.9 Å². The maximum atomic E-state index is 5.61. The summed E-state index contributed by atoms with van der Waals surface area (Å²) in [6.45, 7) is 6.81. The van der Waals surface area contributed by atoms with E-state index in [4.69, 9.17) is 14.9 Å². The van der Waals surface area contributed by atoms with Crippen LogP contribution in [0, 0.1) is 0 Å². The molecule has 0 fully saturated rings. The van der Waals surface area contributed by atoms with Crippen molar-refractivity contribution in [1.82, 2.24) is 4.98 Å². The highest BCUT2D eigenvalue weighted by molar-refractivity contribution is 5.66. The summed E-state index contributed by atoms with van der Waals surface area (Å²) in [4.78, 5) is 4.13. The van der Waals surface area contributed by atoms with Gasteiger partial charge in [0.05, 0.1) is 25.4 Å². The number of benzene rings is 1. The van der Waals surface area contributed by atoms with Gasteiger partial charge in [-0.25, -0.2) is 4.98 Å². The first-order valence-corrected chi connectivity index (χ1v) is 6.29. The number of ether oxygens (including phenoxy) is 1. The minimum Gasteiger partial charge on any atom is -0.496 e. The Hall–Kier alpha value is -1.81. The standard InChI is InChI=1S/C15H20N2O2/c1-15(2,3)10-5-6-12(18-4)11(7-10)13-9-17-14(8-16)19-13/h5-7,9H,8,16H2,1-4H3. The van der Waals surface area contributed by atoms with E-state index in [1.54, 1.807) is 13.3 Å². The molecule has 2 N–H and O–H groups in total. The van der Waals surface area contributed by atoms with Gasteiger partial charge in [-0.15, -0.1) is 0 Å². The highest BCUT2D eigenvalue weighted by Gasteiger charge is 2.18. The van der Waals surface area contributed by atoms with Crippen LogP contribution in [0.3, 0.4) is 0 Å². The van der Waals surface area contributed by atoms with Crippen molar-refractivity contribution in [2.45, 2.75) is 32.7 Å². The number of hydrogen-bond donors (Lipinski definition) is 1. The molecule has 1 aromatic carbocycles. The number of hydrogen-bond acceptors (Lipinski definition) is 4. The van der Waals surface area contributed by atoms with Crippen molar-refractivity contribution in [3.8, 4) is 17.1 Å². The van der Waals surface area contributed by atoms with E-state index in [0.29, 0.717) is 18.2 Å². The van der Waals surface area contributed by atoms with Crippen molar-refractivity contribution in [3.63, 3.8) is 0 Å². The summed E-state index contributed by atoms with van der Waals surface area (Å²) in [6, 6.07) is 6.11. The second kappa shape index (κ2) is 5.05. The van der Waals surface area contributed by atoms with Crippen LogP contribution in [0.25, 0.3) is 11.3 Å². The molecule has 0 atom stereocenters. The molecule has 0 amide bonds. The van der Waals surface area contributed by atoms with Gasteiger partial charge in [-0.2, -0.15) is 0 Å². The smallest absolute Gasteiger partial charge is 0.208 e. The Bertz CT molecular complexity index is 568. The second-order valence-electron chi connectivity index (χ2n) is 5.49. The SMILES string of the molecule is COc1ccc(C(C)(C)C)cc1-c1cnc(CN)o1. The van der Waals surface area contributed by atoms with E-state index >= 15 is 0 Å². The Morgan fingerprint density at radius 1 is 1.32 bits per heavy atom. The second-order valence-corrected chi connectivity index (χ2v) is 5.49. The molecule has 0 unspecified atom stereocenters. The summed E-state index contributed by atoms with van der Waals surface area (Å²) in [5.74, 6) is 1.98. The summed E-state index contributed by atoms with van der Waals surface area (Å²) >= 11 is 0. The summed E-state index contributed by atoms with van der Waals surface area (Å²) < 4.78 is 11.0. The van der Waals surface area contributed by atoms with Gasteiger partial charge in [-0.3, -0.25) is 0 Å². The van der Waals surface area contributed by atoms with Gasteiger partial charge in [0.15, 0.2) is 5.76 Å². The average Bonchev–Trinajstić information content (AvgIpc) is 2.85. The van der Waals surface area contributed by atoms with Crippen LogP contribution in [0.2, 0.25) is 0 Å². The van der Waals surface area contributed by atoms with Gasteiger partial charge in [0.2, 0.25) is 5.89 Å². The first-order valence-electron chi connectivity index (χ1n) is 6.29. The molecule has 2 aromatic rings. The largest absolute Gasteiger partial charge is 0.496 e. The Morgan fingerprint density at radius 2 is 2.05 bits per heavy atom. The molecule has 1 aromatic heterocycles. The lowest BCUT2D eigenvalue weighted by atomic mass is 9.86. The van der Waals surface area contributed by atoms with Crippen LogP contribution in [-0.2, 0) is 12.0 Å². The molecule has 0 saturated heterocycles. The van der Waals surface area contributed by atoms with E-state index in [0.717, 1.165) is 11.3 Å². The van der Waals surface area contributed by atoms with E-state index < -0.39 is 0 Å². The summed E-state index contributed by atoms with van der Waals surface area (Å²) in [6.07, 6.45) is 1.69. The van der Waals surface area contributed by atoms with Crippen LogP contribution < -0.4 is 10.5 Å². The molecule has 4 heteroatoms. The number of methoxy groups -OCH3 is 1. The van der Waals surface area contributed by atoms with E-state index in [1.165, 1.54) is 5.56 Å². The number of aromatic nitrogens is 1. The van der Waals surface area contributed by atoms with Gasteiger partial charge in [0.1, 0.15) is 5.75 Å². The van der Waals surface area contributed by atoms with Gasteiger partial charge in [0.25, 0.3) is 0 Å². The van der Waals surface area contributed by atoms with Gasteiger partial charge >= 0.3 is 0 Å². The zero-order valence-corrected chi connectivity index (χ0v) is 11.9. The zero-order valence-electron chi connectivity index (χ0n) is 11.9. The van der Waals surface area contributed by atoms with Crippen molar-refractivity contribution < 1.29 is 9.15 Å². The number of nitrogens with two attached hydrogens (primary N) is 1. The van der Waals surface area contributed by atoms with Gasteiger partial charge in [-0.1, -0.05) is 26.8 Å². The third-order valence-corrected chi connectivity index (χ3v) is 3.06. The third-order valence-electron chi connectivity index (χ3n) is 3.06. The highest BCUT2D eigenvalue weighted by Crippen LogP contribution is 2.34. The normalized spacial score (nSPS) is 11.6. The Balaban J connectivity index is 2.53. The van der Waals surface area contributed by atoms with Crippen LogP contribution in [0.4, 0.5) is 0 Å². The lowest BCUT2D eigenvalue weighted by Crippen LogP contribution is -2.11. The van der Waals surface area contributed by atoms with Crippen molar-refractivity contribution in [2.24, 2.45) is 5.73 Å². The van der Waals surface area contributed by atoms with Crippen molar-refractivity contribution >= 4 is 0 Å². The minimum atomic E-state index is 0.0672. The predicted octanol–water partition coefficient (Wildman–Crippen LogP) is 3.11. The van der Waals surface area contributed by atoms with Crippen LogP contribution in [-0.4, -0.2) is 12.1 Å². The van der Waals surface area contributed by atoms with Gasteiger partial charge < -0.3 is 14.9 Å². The summed E-state index contributed by atoms with van der Waals surface area (Å²) in [5.41, 5.74) is 7.71. The molecular weight excluding hydrogens is 240 g/mol. The highest BCUT2D eigenvalue weighted by atomic mass is 16.5. The molecule has 0 bridgehead atoms. The third kappa shape index (κ3) is 2.79. The van der Waals surface area contributed by atoms with E-state index in [1.807, 2.05) is 6.07 Å². The minimum absolute atomic E-state index is 0.0672. The molecule has 0 spiro atoms. The zero-order chi connectivity index (χ0) is 14.0. The first-order chi connectivity index (χ1) is 8.95. The Morgan fingerprint density at radius 3 is 2.58 bits per heavy atom. The monoisotopic (exact) mass is 260 g/mol. The van der Waals surface area contributed by atoms with E-state index in [9.17, 15) is 0 Å². The van der Waals surface area contributed by atoms with Gasteiger partial charge in [0, 0.05) is 0 Å². The molecule has 0 aliphatic rings. The van der Waals surface area contributed by atoms with Gasteiger partial charge in [-0.05, 0) is 23.1 Å². The summed E-state index contributed by atoms with van der Waals surface area (Å²) in [7, 11) is 1.65. The molecule has 0 aliphatic carbocycles. The average molecular weight is 260 g/mol. The Labute approximate surface area is 113 Å². The summed E-state index contributed by atoms with van der Waals surface area (Å²) in [5, 5.41) is 0. The van der Waals surface area contributed by atoms with Crippen molar-refractivity contribution in [2.75, 3.05) is 7.11 Å². The lowest BCUT2D eigenvalue weighted by molar-refractivity contribution is 0.413. The molecule has 0 aliphatic heterocycles. The molecule has 0 radical (unpaired) electrons. The van der Waals surface area contributed by atoms with E-state index in [-0.39, 0.29) is 5.41 Å². The molecule has 4 nitrogen and oxygen atoms in total. The quantitative estimate of drug-likeness (QED) is 0.921. The molecule has 102 valence electrons. The molecule has 1 heterocycles. The lowest BCUT2D eigenvalue weighted by Gasteiger charge is -2.20. The maximum Gasteiger partial charge on any atom is 0.208 e.